The van der Waals surface area contributed by atoms with Crippen LogP contribution in [0.2, 0.25) is 0 Å². The molecule has 0 atom stereocenters. The Balaban J connectivity index is 1.66. The van der Waals surface area contributed by atoms with Gasteiger partial charge in [0.05, 0.1) is 31.6 Å². The number of para-hydroxylation sites is 2. The Labute approximate surface area is 169 Å². The number of fused-ring (bicyclic) bond motifs is 2. The van der Waals surface area contributed by atoms with Crippen LogP contribution in [0, 0.1) is 0 Å². The van der Waals surface area contributed by atoms with E-state index in [1.54, 1.807) is 14.1 Å². The van der Waals surface area contributed by atoms with Crippen LogP contribution in [0.3, 0.4) is 0 Å². The molecule has 0 saturated heterocycles. The van der Waals surface area contributed by atoms with Crippen molar-refractivity contribution in [3.63, 3.8) is 0 Å². The Morgan fingerprint density at radius 1 is 0.655 bits per heavy atom. The Hall–Kier alpha value is -3.58. The Kier molecular flexibility index (Phi) is 4.29. The highest BCUT2D eigenvalue weighted by atomic mass is 32.1. The molecule has 3 aromatic heterocycles. The van der Waals surface area contributed by atoms with Gasteiger partial charge >= 0.3 is 0 Å². The van der Waals surface area contributed by atoms with E-state index in [1.165, 1.54) is 11.3 Å². The van der Waals surface area contributed by atoms with Gasteiger partial charge in [0.15, 0.2) is 0 Å². The van der Waals surface area contributed by atoms with Crippen molar-refractivity contribution in [2.75, 3.05) is 14.1 Å². The van der Waals surface area contributed by atoms with Crippen LogP contribution in [0.15, 0.2) is 79.5 Å². The summed E-state index contributed by atoms with van der Waals surface area (Å²) in [7, 11) is 3.42. The van der Waals surface area contributed by atoms with E-state index in [0.717, 1.165) is 31.6 Å². The van der Waals surface area contributed by atoms with E-state index >= 15 is 0 Å². The number of rotatable bonds is 2. The van der Waals surface area contributed by atoms with Crippen molar-refractivity contribution in [3.8, 4) is 21.5 Å². The minimum absolute atomic E-state index is 0.516. The van der Waals surface area contributed by atoms with Gasteiger partial charge in [-0.25, -0.2) is 9.97 Å². The van der Waals surface area contributed by atoms with Crippen molar-refractivity contribution in [2.24, 2.45) is 9.98 Å². The fourth-order valence-corrected chi connectivity index (χ4v) is 4.03. The smallest absolute Gasteiger partial charge is 0.239 e. The van der Waals surface area contributed by atoms with Gasteiger partial charge in [0.1, 0.15) is 0 Å². The molecular weight excluding hydrogens is 384 g/mol. The van der Waals surface area contributed by atoms with E-state index in [1.807, 2.05) is 60.7 Å². The maximum absolute atomic E-state index is 5.95. The van der Waals surface area contributed by atoms with E-state index in [-0.39, 0.29) is 0 Å². The van der Waals surface area contributed by atoms with Gasteiger partial charge < -0.3 is 8.83 Å². The monoisotopic (exact) mass is 400 g/mol. The maximum Gasteiger partial charge on any atom is 0.239 e. The summed E-state index contributed by atoms with van der Waals surface area (Å²) in [5, 5.41) is 1.77. The second kappa shape index (κ2) is 7.10. The van der Waals surface area contributed by atoms with Crippen molar-refractivity contribution < 1.29 is 8.83 Å². The second-order valence-electron chi connectivity index (χ2n) is 6.29. The third kappa shape index (κ3) is 3.05. The van der Waals surface area contributed by atoms with Crippen LogP contribution in [0.5, 0.6) is 0 Å². The zero-order valence-electron chi connectivity index (χ0n) is 15.8. The molecule has 0 radical (unpaired) electrons. The average molecular weight is 400 g/mol. The normalized spacial score (nSPS) is 12.9. The molecule has 142 valence electrons. The molecule has 5 aromatic rings. The molecule has 0 fully saturated rings. The van der Waals surface area contributed by atoms with Crippen molar-refractivity contribution in [1.82, 2.24) is 9.97 Å². The van der Waals surface area contributed by atoms with E-state index in [0.29, 0.717) is 22.9 Å². The molecule has 0 amide bonds. The van der Waals surface area contributed by atoms with Gasteiger partial charge in [0.2, 0.25) is 22.9 Å². The van der Waals surface area contributed by atoms with Gasteiger partial charge in [-0.3, -0.25) is 9.98 Å². The molecule has 0 bridgehead atoms. The summed E-state index contributed by atoms with van der Waals surface area (Å²) in [5.74, 6) is 1.03. The SMILES string of the molecule is C/N=c1\oc(-c2ccc(-c3nc4ccccc4/c(=N\C)o3)s2)nc2ccccc12. The Bertz CT molecular complexity index is 1380. The lowest BCUT2D eigenvalue weighted by Crippen LogP contribution is -2.04. The number of hydrogen-bond acceptors (Lipinski definition) is 7. The molecule has 0 saturated carbocycles. The topological polar surface area (TPSA) is 76.8 Å². The van der Waals surface area contributed by atoms with Crippen LogP contribution in [0.25, 0.3) is 43.3 Å². The van der Waals surface area contributed by atoms with E-state index in [4.69, 9.17) is 8.83 Å². The van der Waals surface area contributed by atoms with Crippen LogP contribution in [0.4, 0.5) is 0 Å². The largest absolute Gasteiger partial charge is 0.419 e. The molecule has 0 unspecified atom stereocenters. The molecule has 2 aromatic carbocycles. The molecule has 5 rings (SSSR count). The minimum Gasteiger partial charge on any atom is -0.419 e. The molecule has 0 spiro atoms. The van der Waals surface area contributed by atoms with Gasteiger partial charge in [-0.1, -0.05) is 24.3 Å². The third-order valence-corrected chi connectivity index (χ3v) is 5.59. The summed E-state index contributed by atoms with van der Waals surface area (Å²) in [4.78, 5) is 19.6. The zero-order chi connectivity index (χ0) is 19.8. The van der Waals surface area contributed by atoms with E-state index in [9.17, 15) is 0 Å². The fraction of sp³-hybridized carbons (Fsp3) is 0.0909. The molecule has 0 aliphatic heterocycles. The van der Waals surface area contributed by atoms with Crippen LogP contribution < -0.4 is 11.1 Å². The Morgan fingerprint density at radius 2 is 1.10 bits per heavy atom. The molecule has 6 nitrogen and oxygen atoms in total. The van der Waals surface area contributed by atoms with Crippen LogP contribution in [-0.4, -0.2) is 24.1 Å². The highest BCUT2D eigenvalue weighted by Gasteiger charge is 2.14. The quantitative estimate of drug-likeness (QED) is 0.439. The lowest BCUT2D eigenvalue weighted by molar-refractivity contribution is 0.503. The van der Waals surface area contributed by atoms with Crippen LogP contribution in [-0.2, 0) is 0 Å². The predicted molar refractivity (Wildman–Crippen MR) is 113 cm³/mol. The Morgan fingerprint density at radius 3 is 1.55 bits per heavy atom. The lowest BCUT2D eigenvalue weighted by atomic mass is 10.2. The van der Waals surface area contributed by atoms with Crippen molar-refractivity contribution in [3.05, 3.63) is 71.8 Å². The van der Waals surface area contributed by atoms with Crippen molar-refractivity contribution in [1.29, 1.82) is 0 Å². The van der Waals surface area contributed by atoms with Gasteiger partial charge in [-0.2, -0.15) is 0 Å². The van der Waals surface area contributed by atoms with E-state index < -0.39 is 0 Å². The summed E-state index contributed by atoms with van der Waals surface area (Å²) in [6, 6.07) is 19.5. The first-order chi connectivity index (χ1) is 14.3. The van der Waals surface area contributed by atoms with Crippen molar-refractivity contribution >= 4 is 33.1 Å². The first kappa shape index (κ1) is 17.5. The van der Waals surface area contributed by atoms with Crippen LogP contribution in [0.1, 0.15) is 0 Å². The first-order valence-corrected chi connectivity index (χ1v) is 9.84. The first-order valence-electron chi connectivity index (χ1n) is 9.03. The average Bonchev–Trinajstić information content (AvgIpc) is 3.28. The third-order valence-electron chi connectivity index (χ3n) is 4.53. The highest BCUT2D eigenvalue weighted by molar-refractivity contribution is 7.18. The summed E-state index contributed by atoms with van der Waals surface area (Å²) >= 11 is 1.50. The summed E-state index contributed by atoms with van der Waals surface area (Å²) < 4.78 is 11.9. The van der Waals surface area contributed by atoms with Gasteiger partial charge in [-0.15, -0.1) is 11.3 Å². The maximum atomic E-state index is 5.95. The number of benzene rings is 2. The number of nitrogens with zero attached hydrogens (tertiary/aromatic N) is 4. The summed E-state index contributed by atoms with van der Waals surface area (Å²) in [5.41, 5.74) is 2.79. The van der Waals surface area contributed by atoms with Gasteiger partial charge in [-0.05, 0) is 36.4 Å². The molecule has 0 aliphatic rings. The second-order valence-corrected chi connectivity index (χ2v) is 7.38. The minimum atomic E-state index is 0.516. The molecule has 7 heteroatoms. The zero-order valence-corrected chi connectivity index (χ0v) is 16.6. The highest BCUT2D eigenvalue weighted by Crippen LogP contribution is 2.33. The standard InChI is InChI=1S/C22H16N4O2S/c1-23-19-13-7-3-5-9-15(13)25-21(27-19)17-11-12-18(29-17)22-26-16-10-6-4-8-14(16)20(24-2)28-22/h3-12H,1-2H3/b23-19-,24-20+. The molecular formula is C22H16N4O2S. The van der Waals surface area contributed by atoms with Gasteiger partial charge in [0.25, 0.3) is 0 Å². The molecule has 0 aliphatic carbocycles. The molecule has 3 heterocycles. The van der Waals surface area contributed by atoms with Crippen LogP contribution >= 0.6 is 11.3 Å². The molecule has 0 N–H and O–H groups in total. The summed E-state index contributed by atoms with van der Waals surface area (Å²) in [6.07, 6.45) is 0. The van der Waals surface area contributed by atoms with E-state index in [2.05, 4.69) is 20.0 Å². The fourth-order valence-electron chi connectivity index (χ4n) is 3.17. The van der Waals surface area contributed by atoms with Crippen molar-refractivity contribution in [2.45, 2.75) is 0 Å². The number of aromatic nitrogens is 2. The predicted octanol–water partition coefficient (Wildman–Crippen LogP) is 4.43. The number of hydrogen-bond donors (Lipinski definition) is 0. The lowest BCUT2D eigenvalue weighted by Gasteiger charge is -2.02. The van der Waals surface area contributed by atoms with Gasteiger partial charge in [0, 0.05) is 14.1 Å². The number of thiophene rings is 1. The summed E-state index contributed by atoms with van der Waals surface area (Å²) in [6.45, 7) is 0. The molecule has 29 heavy (non-hydrogen) atoms.